The van der Waals surface area contributed by atoms with Crippen molar-refractivity contribution in [2.75, 3.05) is 5.32 Å². The first kappa shape index (κ1) is 20.4. The van der Waals surface area contributed by atoms with Crippen LogP contribution in [0.3, 0.4) is 0 Å². The highest BCUT2D eigenvalue weighted by atomic mass is 16.4. The molecule has 4 unspecified atom stereocenters. The molecule has 0 aromatic heterocycles. The number of Topliss-reactive ketones (excluding diaryl/α,β-unsaturated/α-hetero) is 2. The van der Waals surface area contributed by atoms with Crippen LogP contribution in [0.2, 0.25) is 0 Å². The predicted octanol–water partition coefficient (Wildman–Crippen LogP) is 4.00. The Morgan fingerprint density at radius 3 is 2.47 bits per heavy atom. The molecule has 6 rings (SSSR count). The monoisotopic (exact) mass is 450 g/mol. The highest BCUT2D eigenvalue weighted by molar-refractivity contribution is 6.09. The van der Waals surface area contributed by atoms with Crippen molar-refractivity contribution in [2.45, 2.75) is 18.6 Å². The van der Waals surface area contributed by atoms with E-state index in [1.165, 1.54) is 0 Å². The van der Waals surface area contributed by atoms with Gasteiger partial charge in [0.15, 0.2) is 11.6 Å². The van der Waals surface area contributed by atoms with Crippen molar-refractivity contribution in [3.05, 3.63) is 113 Å². The Bertz CT molecular complexity index is 1350. The lowest BCUT2D eigenvalue weighted by Crippen LogP contribution is -2.51. The third-order valence-corrected chi connectivity index (χ3v) is 7.06. The van der Waals surface area contributed by atoms with E-state index >= 15 is 0 Å². The van der Waals surface area contributed by atoms with Gasteiger partial charge in [0.25, 0.3) is 0 Å². The molecule has 6 nitrogen and oxygen atoms in total. The number of rotatable bonds is 3. The molecule has 2 aromatic rings. The van der Waals surface area contributed by atoms with Gasteiger partial charge in [0, 0.05) is 29.1 Å². The maximum atomic E-state index is 13.5. The van der Waals surface area contributed by atoms with Crippen molar-refractivity contribution in [1.29, 1.82) is 0 Å². The Labute approximate surface area is 196 Å². The molecule has 2 aromatic carbocycles. The first-order valence-corrected chi connectivity index (χ1v) is 11.3. The normalized spacial score (nSPS) is 26.4. The molecule has 168 valence electrons. The number of nitrogens with zero attached hydrogens (tertiary/aromatic N) is 1. The third-order valence-electron chi connectivity index (χ3n) is 7.06. The van der Waals surface area contributed by atoms with Gasteiger partial charge in [-0.3, -0.25) is 9.59 Å². The maximum Gasteiger partial charge on any atom is 0.335 e. The van der Waals surface area contributed by atoms with Gasteiger partial charge in [0.2, 0.25) is 0 Å². The molecular formula is C28H22N2O4. The number of likely N-dealkylation sites (tertiary alicyclic amines) is 1. The van der Waals surface area contributed by atoms with Gasteiger partial charge >= 0.3 is 5.97 Å². The number of allylic oxidation sites excluding steroid dienone is 3. The average Bonchev–Trinajstić information content (AvgIpc) is 2.86. The second-order valence-corrected chi connectivity index (χ2v) is 9.02. The summed E-state index contributed by atoms with van der Waals surface area (Å²) in [4.78, 5) is 40.3. The van der Waals surface area contributed by atoms with E-state index < -0.39 is 11.9 Å². The Morgan fingerprint density at radius 1 is 0.912 bits per heavy atom. The molecule has 2 heterocycles. The number of carboxylic acids is 1. The lowest BCUT2D eigenvalue weighted by atomic mass is 9.74. The predicted molar refractivity (Wildman–Crippen MR) is 127 cm³/mol. The van der Waals surface area contributed by atoms with Gasteiger partial charge in [-0.1, -0.05) is 48.6 Å². The minimum Gasteiger partial charge on any atom is -0.478 e. The van der Waals surface area contributed by atoms with Crippen molar-refractivity contribution in [1.82, 2.24) is 4.90 Å². The van der Waals surface area contributed by atoms with Crippen LogP contribution >= 0.6 is 0 Å². The van der Waals surface area contributed by atoms with E-state index in [1.54, 1.807) is 24.3 Å². The lowest BCUT2D eigenvalue weighted by Gasteiger charge is -2.46. The highest BCUT2D eigenvalue weighted by Gasteiger charge is 2.45. The summed E-state index contributed by atoms with van der Waals surface area (Å²) >= 11 is 0. The van der Waals surface area contributed by atoms with Gasteiger partial charge in [0.05, 0.1) is 29.5 Å². The highest BCUT2D eigenvalue weighted by Crippen LogP contribution is 2.42. The molecule has 1 saturated heterocycles. The number of fused-ring (bicyclic) bond motifs is 4. The molecule has 1 fully saturated rings. The number of carbonyl (C=O) groups is 3. The second kappa shape index (κ2) is 7.70. The van der Waals surface area contributed by atoms with Gasteiger partial charge in [-0.2, -0.15) is 0 Å². The van der Waals surface area contributed by atoms with Crippen LogP contribution in [0.15, 0.2) is 96.3 Å². The summed E-state index contributed by atoms with van der Waals surface area (Å²) in [6.07, 6.45) is 11.7. The summed E-state index contributed by atoms with van der Waals surface area (Å²) < 4.78 is 0. The fourth-order valence-corrected chi connectivity index (χ4v) is 5.36. The van der Waals surface area contributed by atoms with Gasteiger partial charge < -0.3 is 15.3 Å². The van der Waals surface area contributed by atoms with E-state index in [0.717, 1.165) is 16.9 Å². The van der Waals surface area contributed by atoms with Gasteiger partial charge in [0.1, 0.15) is 0 Å². The maximum absolute atomic E-state index is 13.5. The number of carbonyl (C=O) groups excluding carboxylic acids is 2. The minimum atomic E-state index is -0.967. The smallest absolute Gasteiger partial charge is 0.335 e. The van der Waals surface area contributed by atoms with E-state index in [2.05, 4.69) is 10.2 Å². The van der Waals surface area contributed by atoms with Crippen molar-refractivity contribution in [3.63, 3.8) is 0 Å². The molecule has 0 bridgehead atoms. The SMILES string of the molecule is O=C(O)c1ccc(CN2C3=CC4C(=O)c5ccccc5NC4C=C3C(=O)C3C=CC=CC32)cc1. The van der Waals surface area contributed by atoms with Crippen LogP contribution in [-0.4, -0.2) is 39.6 Å². The van der Waals surface area contributed by atoms with Crippen molar-refractivity contribution < 1.29 is 19.5 Å². The topological polar surface area (TPSA) is 86.7 Å². The first-order valence-electron chi connectivity index (χ1n) is 11.3. The summed E-state index contributed by atoms with van der Waals surface area (Å²) in [7, 11) is 0. The number of piperidine rings is 1. The van der Waals surface area contributed by atoms with Crippen molar-refractivity contribution in [2.24, 2.45) is 11.8 Å². The molecule has 0 spiro atoms. The number of hydrogen-bond acceptors (Lipinski definition) is 5. The summed E-state index contributed by atoms with van der Waals surface area (Å²) in [6, 6.07) is 13.8. The van der Waals surface area contributed by atoms with E-state index in [-0.39, 0.29) is 35.1 Å². The zero-order valence-corrected chi connectivity index (χ0v) is 18.2. The number of anilines is 1. The molecule has 4 atom stereocenters. The molecule has 2 N–H and O–H groups in total. The summed E-state index contributed by atoms with van der Waals surface area (Å²) in [5, 5.41) is 12.7. The third kappa shape index (κ3) is 3.14. The average molecular weight is 450 g/mol. The molecule has 0 saturated carbocycles. The quantitative estimate of drug-likeness (QED) is 0.735. The second-order valence-electron chi connectivity index (χ2n) is 9.02. The fraction of sp³-hybridized carbons (Fsp3) is 0.179. The number of ketones is 2. The van der Waals surface area contributed by atoms with Gasteiger partial charge in [-0.05, 0) is 42.0 Å². The van der Waals surface area contributed by atoms with E-state index in [9.17, 15) is 19.5 Å². The van der Waals surface area contributed by atoms with Crippen molar-refractivity contribution >= 4 is 23.2 Å². The summed E-state index contributed by atoms with van der Waals surface area (Å²) in [5.74, 6) is -1.58. The number of aromatic carboxylic acids is 1. The van der Waals surface area contributed by atoms with Crippen LogP contribution in [0, 0.1) is 11.8 Å². The van der Waals surface area contributed by atoms with Crippen LogP contribution in [0.5, 0.6) is 0 Å². The number of benzene rings is 2. The van der Waals surface area contributed by atoms with Gasteiger partial charge in [-0.15, -0.1) is 0 Å². The van der Waals surface area contributed by atoms with E-state index in [4.69, 9.17) is 0 Å². The van der Waals surface area contributed by atoms with Crippen LogP contribution in [0.25, 0.3) is 0 Å². The van der Waals surface area contributed by atoms with Crippen LogP contribution in [-0.2, 0) is 11.3 Å². The zero-order valence-electron chi connectivity index (χ0n) is 18.2. The standard InChI is InChI=1S/C28H22N2O4/c31-26-18-5-1-3-7-22(18)29-23-13-21-25(14-20(23)26)30(24-8-4-2-6-19(24)27(21)32)15-16-9-11-17(12-10-16)28(33)34/h1-14,19-20,23-24,29H,15H2,(H,33,34). The first-order chi connectivity index (χ1) is 16.5. The summed E-state index contributed by atoms with van der Waals surface area (Å²) in [6.45, 7) is 0.491. The lowest BCUT2D eigenvalue weighted by molar-refractivity contribution is -0.120. The number of para-hydroxylation sites is 1. The van der Waals surface area contributed by atoms with E-state index in [0.29, 0.717) is 17.7 Å². The number of hydrogen-bond donors (Lipinski definition) is 2. The largest absolute Gasteiger partial charge is 0.478 e. The number of nitrogens with one attached hydrogen (secondary N) is 1. The summed E-state index contributed by atoms with van der Waals surface area (Å²) in [5.41, 5.74) is 4.01. The number of carboxylic acid groups (broad SMARTS) is 1. The van der Waals surface area contributed by atoms with Crippen LogP contribution in [0.4, 0.5) is 5.69 Å². The van der Waals surface area contributed by atoms with Crippen LogP contribution in [0.1, 0.15) is 26.3 Å². The molecule has 0 radical (unpaired) electrons. The molecule has 6 heteroatoms. The Kier molecular flexibility index (Phi) is 4.62. The molecule has 4 aliphatic rings. The van der Waals surface area contributed by atoms with Crippen LogP contribution < -0.4 is 5.32 Å². The fourth-order valence-electron chi connectivity index (χ4n) is 5.36. The van der Waals surface area contributed by atoms with Crippen molar-refractivity contribution in [3.8, 4) is 0 Å². The Balaban J connectivity index is 1.42. The van der Waals surface area contributed by atoms with Gasteiger partial charge in [-0.25, -0.2) is 4.79 Å². The molecular weight excluding hydrogens is 428 g/mol. The molecule has 2 aliphatic carbocycles. The van der Waals surface area contributed by atoms with E-state index in [1.807, 2.05) is 60.7 Å². The zero-order chi connectivity index (χ0) is 23.4. The Morgan fingerprint density at radius 2 is 1.68 bits per heavy atom. The minimum absolute atomic E-state index is 0.0431. The molecule has 0 amide bonds. The molecule has 34 heavy (non-hydrogen) atoms. The molecule has 2 aliphatic heterocycles. The Hall–Kier alpha value is -4.19.